The molecule has 2 aromatic rings. The van der Waals surface area contributed by atoms with Gasteiger partial charge in [0.25, 0.3) is 5.91 Å². The first-order valence-corrected chi connectivity index (χ1v) is 11.5. The Morgan fingerprint density at radius 1 is 1.24 bits per heavy atom. The lowest BCUT2D eigenvalue weighted by molar-refractivity contribution is -0.153. The van der Waals surface area contributed by atoms with Crippen LogP contribution in [-0.4, -0.2) is 53.3 Å². The molecule has 182 valence electrons. The summed E-state index contributed by atoms with van der Waals surface area (Å²) in [7, 11) is 0. The van der Waals surface area contributed by atoms with E-state index >= 15 is 0 Å². The van der Waals surface area contributed by atoms with Crippen LogP contribution in [0.4, 0.5) is 4.39 Å². The van der Waals surface area contributed by atoms with Crippen LogP contribution in [0.2, 0.25) is 0 Å². The van der Waals surface area contributed by atoms with E-state index in [-0.39, 0.29) is 18.9 Å². The summed E-state index contributed by atoms with van der Waals surface area (Å²) in [4.78, 5) is 47.8. The highest BCUT2D eigenvalue weighted by atomic mass is 19.1. The van der Waals surface area contributed by atoms with Crippen LogP contribution in [0.15, 0.2) is 41.7 Å². The first-order chi connectivity index (χ1) is 16.3. The topological polar surface area (TPSA) is 107 Å². The van der Waals surface area contributed by atoms with Gasteiger partial charge in [-0.2, -0.15) is 0 Å². The zero-order valence-corrected chi connectivity index (χ0v) is 19.7. The van der Waals surface area contributed by atoms with Gasteiger partial charge in [-0.25, -0.2) is 4.39 Å². The van der Waals surface area contributed by atoms with Crippen LogP contribution >= 0.6 is 0 Å². The summed E-state index contributed by atoms with van der Waals surface area (Å²) in [6.45, 7) is 4.41. The molecule has 1 aliphatic heterocycles. The van der Waals surface area contributed by atoms with Gasteiger partial charge in [-0.05, 0) is 17.9 Å². The van der Waals surface area contributed by atoms with Crippen LogP contribution in [0.1, 0.15) is 52.1 Å². The van der Waals surface area contributed by atoms with E-state index in [4.69, 9.17) is 9.57 Å². The molecule has 0 aliphatic carbocycles. The third-order valence-corrected chi connectivity index (χ3v) is 5.97. The molecule has 0 saturated heterocycles. The van der Waals surface area contributed by atoms with E-state index in [9.17, 15) is 18.8 Å². The van der Waals surface area contributed by atoms with Crippen molar-refractivity contribution in [2.24, 2.45) is 11.1 Å². The Morgan fingerprint density at radius 2 is 2.00 bits per heavy atom. The Kier molecular flexibility index (Phi) is 8.31. The molecular formula is C25H30FN3O5. The Labute approximate surface area is 197 Å². The van der Waals surface area contributed by atoms with Gasteiger partial charge < -0.3 is 14.9 Å². The molecule has 0 saturated carbocycles. The summed E-state index contributed by atoms with van der Waals surface area (Å²) in [6.07, 6.45) is 2.82. The number of nitrogens with one attached hydrogen (secondary N) is 1. The molecule has 1 aromatic heterocycles. The molecule has 8 nitrogen and oxygen atoms in total. The van der Waals surface area contributed by atoms with Crippen molar-refractivity contribution in [1.29, 1.82) is 0 Å². The minimum absolute atomic E-state index is 0.106. The van der Waals surface area contributed by atoms with Crippen LogP contribution in [0.5, 0.6) is 0 Å². The second-order valence-electron chi connectivity index (χ2n) is 8.64. The van der Waals surface area contributed by atoms with Crippen molar-refractivity contribution in [3.05, 3.63) is 42.2 Å². The van der Waals surface area contributed by atoms with E-state index in [1.165, 1.54) is 0 Å². The summed E-state index contributed by atoms with van der Waals surface area (Å²) >= 11 is 0. The fourth-order valence-corrected chi connectivity index (χ4v) is 3.79. The molecule has 3 rings (SSSR count). The fraction of sp³-hybridized carbons (Fsp3) is 0.480. The minimum Gasteiger partial charge on any atom is -0.466 e. The first-order valence-electron chi connectivity index (χ1n) is 11.5. The number of unbranched alkanes of at least 4 members (excludes halogenated alkanes) is 1. The van der Waals surface area contributed by atoms with Crippen LogP contribution in [-0.2, 0) is 24.0 Å². The van der Waals surface area contributed by atoms with E-state index in [1.807, 2.05) is 37.3 Å². The number of rotatable bonds is 11. The van der Waals surface area contributed by atoms with E-state index in [2.05, 4.69) is 15.5 Å². The van der Waals surface area contributed by atoms with Crippen molar-refractivity contribution in [3.63, 3.8) is 0 Å². The second kappa shape index (κ2) is 11.2. The van der Waals surface area contributed by atoms with Gasteiger partial charge in [0.15, 0.2) is 5.78 Å². The predicted octanol–water partition coefficient (Wildman–Crippen LogP) is 3.51. The first kappa shape index (κ1) is 25.3. The number of amides is 1. The van der Waals surface area contributed by atoms with Crippen LogP contribution < -0.4 is 5.32 Å². The number of esters is 1. The van der Waals surface area contributed by atoms with Gasteiger partial charge >= 0.3 is 5.97 Å². The number of alkyl halides is 1. The number of halogens is 1. The van der Waals surface area contributed by atoms with E-state index in [0.717, 1.165) is 17.2 Å². The van der Waals surface area contributed by atoms with Crippen molar-refractivity contribution < 1.29 is 28.3 Å². The van der Waals surface area contributed by atoms with Gasteiger partial charge in [0.2, 0.25) is 5.60 Å². The highest BCUT2D eigenvalue weighted by Gasteiger charge is 2.51. The van der Waals surface area contributed by atoms with E-state index < -0.39 is 42.4 Å². The molecule has 34 heavy (non-hydrogen) atoms. The van der Waals surface area contributed by atoms with Crippen molar-refractivity contribution in [2.45, 2.75) is 58.1 Å². The third kappa shape index (κ3) is 5.40. The van der Waals surface area contributed by atoms with Gasteiger partial charge in [-0.3, -0.25) is 19.4 Å². The average molecular weight is 472 g/mol. The molecule has 9 heteroatoms. The number of Topliss-reactive ketones (excluding diaryl/α,β-unsaturated/α-hetero) is 1. The average Bonchev–Trinajstić information content (AvgIpc) is 3.30. The van der Waals surface area contributed by atoms with Gasteiger partial charge in [0.05, 0.1) is 18.7 Å². The molecule has 1 aromatic carbocycles. The normalized spacial score (nSPS) is 18.3. The number of hydrogen-bond donors (Lipinski definition) is 1. The monoisotopic (exact) mass is 471 g/mol. The Balaban J connectivity index is 1.79. The molecule has 1 amide bonds. The maximum atomic E-state index is 13.4. The SMILES string of the molecule is CCCCOC(=O)C[C@H](NC(=O)C1(C(C)C)CC(c2nccc3ccccc23)=NO1)C(=O)CF. The molecule has 0 fully saturated rings. The Hall–Kier alpha value is -3.36. The molecule has 2 heterocycles. The number of ketones is 1. The lowest BCUT2D eigenvalue weighted by Crippen LogP contribution is -2.55. The summed E-state index contributed by atoms with van der Waals surface area (Å²) < 4.78 is 18.3. The second-order valence-corrected chi connectivity index (χ2v) is 8.64. The quantitative estimate of drug-likeness (QED) is 0.397. The van der Waals surface area contributed by atoms with Gasteiger partial charge in [0.1, 0.15) is 18.4 Å². The summed E-state index contributed by atoms with van der Waals surface area (Å²) in [5.41, 5.74) is -0.341. The minimum atomic E-state index is -1.44. The number of nitrogens with zero attached hydrogens (tertiary/aromatic N) is 2. The molecule has 0 bridgehead atoms. The fourth-order valence-electron chi connectivity index (χ4n) is 3.79. The number of carbonyl (C=O) groups excluding carboxylic acids is 3. The van der Waals surface area contributed by atoms with Gasteiger partial charge in [0, 0.05) is 23.9 Å². The number of pyridine rings is 1. The lowest BCUT2D eigenvalue weighted by atomic mass is 9.83. The van der Waals surface area contributed by atoms with Crippen molar-refractivity contribution in [3.8, 4) is 0 Å². The van der Waals surface area contributed by atoms with Crippen molar-refractivity contribution in [2.75, 3.05) is 13.3 Å². The zero-order valence-electron chi connectivity index (χ0n) is 19.7. The third-order valence-electron chi connectivity index (χ3n) is 5.97. The highest BCUT2D eigenvalue weighted by molar-refractivity contribution is 6.12. The smallest absolute Gasteiger partial charge is 0.308 e. The van der Waals surface area contributed by atoms with Crippen LogP contribution in [0.25, 0.3) is 10.8 Å². The number of carbonyl (C=O) groups is 3. The number of aromatic nitrogens is 1. The number of ether oxygens (including phenoxy) is 1. The molecule has 2 atom stereocenters. The van der Waals surface area contributed by atoms with Crippen molar-refractivity contribution in [1.82, 2.24) is 10.3 Å². The van der Waals surface area contributed by atoms with Crippen LogP contribution in [0.3, 0.4) is 0 Å². The molecule has 1 unspecified atom stereocenters. The molecular weight excluding hydrogens is 441 g/mol. The van der Waals surface area contributed by atoms with Gasteiger partial charge in [-0.1, -0.05) is 56.6 Å². The largest absolute Gasteiger partial charge is 0.466 e. The Bertz CT molecular complexity index is 1080. The van der Waals surface area contributed by atoms with Crippen molar-refractivity contribution >= 4 is 34.1 Å². The molecule has 0 spiro atoms. The van der Waals surface area contributed by atoms with E-state index in [0.29, 0.717) is 17.8 Å². The standard InChI is InChI=1S/C25H30FN3O5/c1-4-5-12-33-22(31)13-19(21(30)15-26)28-24(32)25(16(2)3)14-20(29-34-25)23-18-9-7-6-8-17(18)10-11-27-23/h6-11,16,19H,4-5,12-15H2,1-3H3,(H,28,32)/t19-,25?/m0/s1. The molecule has 1 N–H and O–H groups in total. The summed E-state index contributed by atoms with van der Waals surface area (Å²) in [6, 6.07) is 8.19. The number of hydrogen-bond acceptors (Lipinski definition) is 7. The molecule has 1 aliphatic rings. The lowest BCUT2D eigenvalue weighted by Gasteiger charge is -2.30. The molecule has 0 radical (unpaired) electrons. The number of benzene rings is 1. The Morgan fingerprint density at radius 3 is 2.71 bits per heavy atom. The van der Waals surface area contributed by atoms with Gasteiger partial charge in [-0.15, -0.1) is 0 Å². The number of oxime groups is 1. The number of fused-ring (bicyclic) bond motifs is 1. The summed E-state index contributed by atoms with van der Waals surface area (Å²) in [5.74, 6) is -2.58. The summed E-state index contributed by atoms with van der Waals surface area (Å²) in [5, 5.41) is 8.53. The highest BCUT2D eigenvalue weighted by Crippen LogP contribution is 2.35. The van der Waals surface area contributed by atoms with E-state index in [1.54, 1.807) is 20.0 Å². The van der Waals surface area contributed by atoms with Crippen LogP contribution in [0, 0.1) is 5.92 Å². The zero-order chi connectivity index (χ0) is 24.7. The maximum Gasteiger partial charge on any atom is 0.308 e. The predicted molar refractivity (Wildman–Crippen MR) is 125 cm³/mol. The maximum absolute atomic E-state index is 13.4.